The molecule has 0 aliphatic heterocycles. The lowest BCUT2D eigenvalue weighted by molar-refractivity contribution is -0.129. The van der Waals surface area contributed by atoms with Gasteiger partial charge < -0.3 is 10.6 Å². The third kappa shape index (κ3) is 4.52. The summed E-state index contributed by atoms with van der Waals surface area (Å²) < 4.78 is 27.0. The summed E-state index contributed by atoms with van der Waals surface area (Å²) in [6.45, 7) is 6.55. The van der Waals surface area contributed by atoms with Crippen LogP contribution in [0.3, 0.4) is 0 Å². The number of amides is 1. The van der Waals surface area contributed by atoms with Crippen molar-refractivity contribution in [2.45, 2.75) is 32.2 Å². The molecule has 0 bridgehead atoms. The number of nitrogens with one attached hydrogen (secondary N) is 1. The van der Waals surface area contributed by atoms with Gasteiger partial charge in [0.2, 0.25) is 15.9 Å². The van der Waals surface area contributed by atoms with E-state index in [0.29, 0.717) is 18.7 Å². The minimum atomic E-state index is -3.72. The Kier molecular flexibility index (Phi) is 6.32. The van der Waals surface area contributed by atoms with Gasteiger partial charge in [-0.15, -0.1) is 0 Å². The quantitative estimate of drug-likeness (QED) is 0.771. The van der Waals surface area contributed by atoms with E-state index in [1.807, 2.05) is 13.8 Å². The summed E-state index contributed by atoms with van der Waals surface area (Å²) in [5, 5.41) is 0. The molecule has 0 fully saturated rings. The van der Waals surface area contributed by atoms with Crippen LogP contribution in [0.4, 0.5) is 0 Å². The van der Waals surface area contributed by atoms with E-state index in [9.17, 15) is 13.2 Å². The van der Waals surface area contributed by atoms with Gasteiger partial charge in [-0.2, -0.15) is 0 Å². The number of sulfonamides is 1. The van der Waals surface area contributed by atoms with Crippen molar-refractivity contribution in [1.29, 1.82) is 0 Å². The molecule has 0 aliphatic rings. The van der Waals surface area contributed by atoms with Gasteiger partial charge in [0.15, 0.2) is 0 Å². The molecule has 0 saturated heterocycles. The van der Waals surface area contributed by atoms with E-state index in [4.69, 9.17) is 5.73 Å². The van der Waals surface area contributed by atoms with Crippen LogP contribution in [0, 0.1) is 6.92 Å². The zero-order valence-corrected chi connectivity index (χ0v) is 13.5. The van der Waals surface area contributed by atoms with Gasteiger partial charge in [-0.25, -0.2) is 13.1 Å². The van der Waals surface area contributed by atoms with Gasteiger partial charge in [-0.05, 0) is 38.0 Å². The maximum absolute atomic E-state index is 12.3. The Morgan fingerprint density at radius 1 is 1.29 bits per heavy atom. The van der Waals surface area contributed by atoms with Gasteiger partial charge in [0.05, 0.1) is 11.4 Å². The van der Waals surface area contributed by atoms with E-state index < -0.39 is 10.0 Å². The van der Waals surface area contributed by atoms with Gasteiger partial charge in [0.25, 0.3) is 0 Å². The van der Waals surface area contributed by atoms with Crippen molar-refractivity contribution in [1.82, 2.24) is 9.62 Å². The average molecular weight is 313 g/mol. The third-order valence-corrected chi connectivity index (χ3v) is 4.85. The van der Waals surface area contributed by atoms with Crippen molar-refractivity contribution in [2.75, 3.05) is 19.6 Å². The van der Waals surface area contributed by atoms with Gasteiger partial charge in [0, 0.05) is 19.6 Å². The summed E-state index contributed by atoms with van der Waals surface area (Å²) >= 11 is 0. The van der Waals surface area contributed by atoms with Crippen LogP contribution in [0.1, 0.15) is 25.0 Å². The highest BCUT2D eigenvalue weighted by Gasteiger charge is 2.19. The lowest BCUT2D eigenvalue weighted by atomic mass is 10.1. The van der Waals surface area contributed by atoms with E-state index in [2.05, 4.69) is 4.72 Å². The molecule has 0 heterocycles. The first-order valence-electron chi connectivity index (χ1n) is 6.92. The smallest absolute Gasteiger partial charge is 0.241 e. The molecule has 0 saturated carbocycles. The predicted molar refractivity (Wildman–Crippen MR) is 82.2 cm³/mol. The zero-order valence-electron chi connectivity index (χ0n) is 12.7. The topological polar surface area (TPSA) is 92.5 Å². The molecule has 0 aromatic heterocycles. The summed E-state index contributed by atoms with van der Waals surface area (Å²) in [7, 11) is -3.72. The number of rotatable bonds is 7. The molecule has 0 atom stereocenters. The average Bonchev–Trinajstić information content (AvgIpc) is 2.47. The fourth-order valence-electron chi connectivity index (χ4n) is 1.98. The summed E-state index contributed by atoms with van der Waals surface area (Å²) in [4.78, 5) is 13.6. The van der Waals surface area contributed by atoms with Crippen LogP contribution >= 0.6 is 0 Å². The highest BCUT2D eigenvalue weighted by Crippen LogP contribution is 2.16. The van der Waals surface area contributed by atoms with E-state index in [-0.39, 0.29) is 23.9 Å². The summed E-state index contributed by atoms with van der Waals surface area (Å²) in [6, 6.07) is 5.04. The molecule has 0 spiro atoms. The van der Waals surface area contributed by atoms with Crippen LogP contribution in [-0.2, 0) is 21.4 Å². The summed E-state index contributed by atoms with van der Waals surface area (Å²) in [5.74, 6) is -0.240. The summed E-state index contributed by atoms with van der Waals surface area (Å²) in [6.07, 6.45) is 0. The predicted octanol–water partition coefficient (Wildman–Crippen LogP) is 0.600. The Hall–Kier alpha value is -1.44. The molecular formula is C14H23N3O3S. The third-order valence-electron chi connectivity index (χ3n) is 3.31. The van der Waals surface area contributed by atoms with Gasteiger partial charge >= 0.3 is 0 Å². The Morgan fingerprint density at radius 2 is 1.90 bits per heavy atom. The van der Waals surface area contributed by atoms with Crippen LogP contribution in [-0.4, -0.2) is 38.9 Å². The van der Waals surface area contributed by atoms with Crippen molar-refractivity contribution in [3.05, 3.63) is 29.3 Å². The van der Waals surface area contributed by atoms with Gasteiger partial charge in [-0.3, -0.25) is 4.79 Å². The Bertz CT molecular complexity index is 595. The number of benzene rings is 1. The van der Waals surface area contributed by atoms with Gasteiger partial charge in [-0.1, -0.05) is 12.1 Å². The molecule has 0 aliphatic carbocycles. The molecule has 0 unspecified atom stereocenters. The van der Waals surface area contributed by atoms with Crippen LogP contribution in [0.15, 0.2) is 23.1 Å². The van der Waals surface area contributed by atoms with Crippen molar-refractivity contribution < 1.29 is 13.2 Å². The molecule has 1 aromatic carbocycles. The lowest BCUT2D eigenvalue weighted by Gasteiger charge is -2.19. The first kappa shape index (κ1) is 17.6. The standard InChI is InChI=1S/C14H23N3O3S/c1-4-17(5-2)14(18)10-16-21(19,20)13-8-12(9-15)7-6-11(13)3/h6-8,16H,4-5,9-10,15H2,1-3H3. The number of hydrogen-bond donors (Lipinski definition) is 2. The van der Waals surface area contributed by atoms with Crippen molar-refractivity contribution in [3.8, 4) is 0 Å². The van der Waals surface area contributed by atoms with Crippen LogP contribution in [0.2, 0.25) is 0 Å². The number of nitrogens with zero attached hydrogens (tertiary/aromatic N) is 1. The first-order chi connectivity index (χ1) is 9.85. The molecule has 118 valence electrons. The number of carbonyl (C=O) groups excluding carboxylic acids is 1. The van der Waals surface area contributed by atoms with Gasteiger partial charge in [0.1, 0.15) is 0 Å². The second-order valence-corrected chi connectivity index (χ2v) is 6.43. The second kappa shape index (κ2) is 7.53. The zero-order chi connectivity index (χ0) is 16.0. The van der Waals surface area contributed by atoms with E-state index in [1.54, 1.807) is 30.0 Å². The molecular weight excluding hydrogens is 290 g/mol. The molecule has 21 heavy (non-hydrogen) atoms. The number of carbonyl (C=O) groups is 1. The first-order valence-corrected chi connectivity index (χ1v) is 8.41. The molecule has 6 nitrogen and oxygen atoms in total. The molecule has 0 radical (unpaired) electrons. The van der Waals surface area contributed by atoms with E-state index in [1.165, 1.54) is 0 Å². The monoisotopic (exact) mass is 313 g/mol. The highest BCUT2D eigenvalue weighted by atomic mass is 32.2. The molecule has 7 heteroatoms. The highest BCUT2D eigenvalue weighted by molar-refractivity contribution is 7.89. The summed E-state index contributed by atoms with van der Waals surface area (Å²) in [5.41, 5.74) is 6.89. The Morgan fingerprint density at radius 3 is 2.43 bits per heavy atom. The fraction of sp³-hybridized carbons (Fsp3) is 0.500. The molecule has 1 rings (SSSR count). The van der Waals surface area contributed by atoms with E-state index in [0.717, 1.165) is 5.56 Å². The number of hydrogen-bond acceptors (Lipinski definition) is 4. The Labute approximate surface area is 126 Å². The fourth-order valence-corrected chi connectivity index (χ4v) is 3.25. The van der Waals surface area contributed by atoms with Crippen molar-refractivity contribution in [2.24, 2.45) is 5.73 Å². The molecule has 1 amide bonds. The minimum Gasteiger partial charge on any atom is -0.342 e. The van der Waals surface area contributed by atoms with Crippen LogP contribution in [0.5, 0.6) is 0 Å². The number of aryl methyl sites for hydroxylation is 1. The maximum Gasteiger partial charge on any atom is 0.241 e. The Balaban J connectivity index is 2.90. The van der Waals surface area contributed by atoms with E-state index >= 15 is 0 Å². The number of nitrogens with two attached hydrogens (primary N) is 1. The normalized spacial score (nSPS) is 11.4. The largest absolute Gasteiger partial charge is 0.342 e. The number of likely N-dealkylation sites (N-methyl/N-ethyl adjacent to an activating group) is 1. The molecule has 3 N–H and O–H groups in total. The SMILES string of the molecule is CCN(CC)C(=O)CNS(=O)(=O)c1cc(CN)ccc1C. The van der Waals surface area contributed by atoms with Crippen LogP contribution in [0.25, 0.3) is 0 Å². The lowest BCUT2D eigenvalue weighted by Crippen LogP contribution is -2.40. The van der Waals surface area contributed by atoms with Crippen molar-refractivity contribution in [3.63, 3.8) is 0 Å². The van der Waals surface area contributed by atoms with Crippen LogP contribution < -0.4 is 10.5 Å². The minimum absolute atomic E-state index is 0.165. The molecule has 1 aromatic rings. The maximum atomic E-state index is 12.3. The second-order valence-electron chi connectivity index (χ2n) is 4.69. The van der Waals surface area contributed by atoms with Crippen molar-refractivity contribution >= 4 is 15.9 Å².